The Bertz CT molecular complexity index is 639. The highest BCUT2D eigenvalue weighted by Gasteiger charge is 2.23. The first-order valence-electron chi connectivity index (χ1n) is 6.80. The second-order valence-corrected chi connectivity index (χ2v) is 4.76. The van der Waals surface area contributed by atoms with Crippen molar-refractivity contribution in [3.8, 4) is 11.3 Å². The second-order valence-electron chi connectivity index (χ2n) is 4.76. The first-order chi connectivity index (χ1) is 10.3. The molecule has 2 aromatic rings. The molecule has 1 saturated heterocycles. The Morgan fingerprint density at radius 1 is 1.19 bits per heavy atom. The van der Waals surface area contributed by atoms with Gasteiger partial charge >= 0.3 is 0 Å². The Hall–Kier alpha value is -2.47. The number of aromatic nitrogens is 2. The summed E-state index contributed by atoms with van der Waals surface area (Å²) < 4.78 is 5.25. The van der Waals surface area contributed by atoms with E-state index in [0.29, 0.717) is 32.0 Å². The van der Waals surface area contributed by atoms with E-state index < -0.39 is 0 Å². The molecular formula is C15H16N4O2. The lowest BCUT2D eigenvalue weighted by Gasteiger charge is -2.26. The highest BCUT2D eigenvalue weighted by atomic mass is 16.5. The third kappa shape index (κ3) is 2.85. The number of nitrogens with zero attached hydrogens (tertiary/aromatic N) is 3. The van der Waals surface area contributed by atoms with E-state index in [0.717, 1.165) is 5.56 Å². The summed E-state index contributed by atoms with van der Waals surface area (Å²) in [6, 6.07) is 9.59. The van der Waals surface area contributed by atoms with Gasteiger partial charge < -0.3 is 15.4 Å². The molecule has 108 valence electrons. The SMILES string of the molecule is Nc1ncc(-c2ccccc2)nc1C(=O)N1CCOCC1. The van der Waals surface area contributed by atoms with E-state index in [-0.39, 0.29) is 17.4 Å². The van der Waals surface area contributed by atoms with Gasteiger partial charge in [-0.15, -0.1) is 0 Å². The molecule has 6 heteroatoms. The van der Waals surface area contributed by atoms with Gasteiger partial charge in [-0.25, -0.2) is 9.97 Å². The summed E-state index contributed by atoms with van der Waals surface area (Å²) in [6.45, 7) is 2.18. The molecule has 6 nitrogen and oxygen atoms in total. The predicted molar refractivity (Wildman–Crippen MR) is 78.6 cm³/mol. The average molecular weight is 284 g/mol. The lowest BCUT2D eigenvalue weighted by Crippen LogP contribution is -2.41. The van der Waals surface area contributed by atoms with Crippen molar-refractivity contribution in [3.63, 3.8) is 0 Å². The first kappa shape index (κ1) is 13.5. The van der Waals surface area contributed by atoms with E-state index in [2.05, 4.69) is 9.97 Å². The Balaban J connectivity index is 1.93. The van der Waals surface area contributed by atoms with Gasteiger partial charge in [0.1, 0.15) is 0 Å². The van der Waals surface area contributed by atoms with Gasteiger partial charge in [0.2, 0.25) is 0 Å². The van der Waals surface area contributed by atoms with Crippen LogP contribution in [0.15, 0.2) is 36.5 Å². The largest absolute Gasteiger partial charge is 0.382 e. The van der Waals surface area contributed by atoms with Crippen molar-refractivity contribution >= 4 is 11.7 Å². The van der Waals surface area contributed by atoms with Gasteiger partial charge in [-0.2, -0.15) is 0 Å². The van der Waals surface area contributed by atoms with Crippen LogP contribution in [-0.2, 0) is 4.74 Å². The molecular weight excluding hydrogens is 268 g/mol. The monoisotopic (exact) mass is 284 g/mol. The summed E-state index contributed by atoms with van der Waals surface area (Å²) in [5.41, 5.74) is 7.57. The summed E-state index contributed by atoms with van der Waals surface area (Å²) in [5, 5.41) is 0. The molecule has 0 bridgehead atoms. The van der Waals surface area contributed by atoms with E-state index in [1.54, 1.807) is 11.1 Å². The molecule has 0 radical (unpaired) electrons. The normalized spacial score (nSPS) is 15.0. The fourth-order valence-electron chi connectivity index (χ4n) is 2.22. The zero-order valence-corrected chi connectivity index (χ0v) is 11.5. The van der Waals surface area contributed by atoms with Crippen LogP contribution in [0.5, 0.6) is 0 Å². The zero-order chi connectivity index (χ0) is 14.7. The molecule has 2 heterocycles. The van der Waals surface area contributed by atoms with Crippen molar-refractivity contribution in [2.24, 2.45) is 0 Å². The second kappa shape index (κ2) is 5.88. The summed E-state index contributed by atoms with van der Waals surface area (Å²) >= 11 is 0. The Morgan fingerprint density at radius 3 is 2.62 bits per heavy atom. The number of nitrogen functional groups attached to an aromatic ring is 1. The van der Waals surface area contributed by atoms with Crippen LogP contribution in [0.3, 0.4) is 0 Å². The number of ether oxygens (including phenoxy) is 1. The van der Waals surface area contributed by atoms with Gasteiger partial charge in [-0.05, 0) is 0 Å². The van der Waals surface area contributed by atoms with E-state index in [9.17, 15) is 4.79 Å². The molecule has 1 aromatic heterocycles. The van der Waals surface area contributed by atoms with Crippen molar-refractivity contribution in [3.05, 3.63) is 42.2 Å². The van der Waals surface area contributed by atoms with Gasteiger partial charge in [-0.3, -0.25) is 4.79 Å². The summed E-state index contributed by atoms with van der Waals surface area (Å²) in [4.78, 5) is 22.7. The number of benzene rings is 1. The highest BCUT2D eigenvalue weighted by Crippen LogP contribution is 2.19. The molecule has 2 N–H and O–H groups in total. The number of morpholine rings is 1. The van der Waals surface area contributed by atoms with Gasteiger partial charge in [0, 0.05) is 18.7 Å². The maximum atomic E-state index is 12.5. The Morgan fingerprint density at radius 2 is 1.90 bits per heavy atom. The summed E-state index contributed by atoms with van der Waals surface area (Å²) in [6.07, 6.45) is 1.58. The molecule has 1 aromatic carbocycles. The number of amides is 1. The molecule has 1 fully saturated rings. The lowest BCUT2D eigenvalue weighted by atomic mass is 10.1. The van der Waals surface area contributed by atoms with Crippen LogP contribution in [-0.4, -0.2) is 47.1 Å². The third-order valence-electron chi connectivity index (χ3n) is 3.37. The number of hydrogen-bond donors (Lipinski definition) is 1. The quantitative estimate of drug-likeness (QED) is 0.896. The number of hydrogen-bond acceptors (Lipinski definition) is 5. The third-order valence-corrected chi connectivity index (χ3v) is 3.37. The predicted octanol–water partition coefficient (Wildman–Crippen LogP) is 1.20. The van der Waals surface area contributed by atoms with Crippen LogP contribution in [0.2, 0.25) is 0 Å². The Labute approximate surface area is 122 Å². The molecule has 3 rings (SSSR count). The first-order valence-corrected chi connectivity index (χ1v) is 6.80. The topological polar surface area (TPSA) is 81.3 Å². The van der Waals surface area contributed by atoms with Gasteiger partial charge in [0.15, 0.2) is 11.5 Å². The molecule has 1 aliphatic rings. The van der Waals surface area contributed by atoms with Crippen LogP contribution in [0, 0.1) is 0 Å². The van der Waals surface area contributed by atoms with E-state index in [1.165, 1.54) is 0 Å². The number of carbonyl (C=O) groups excluding carboxylic acids is 1. The van der Waals surface area contributed by atoms with Gasteiger partial charge in [0.25, 0.3) is 5.91 Å². The molecule has 0 spiro atoms. The molecule has 0 unspecified atom stereocenters. The van der Waals surface area contributed by atoms with Gasteiger partial charge in [0.05, 0.1) is 25.1 Å². The van der Waals surface area contributed by atoms with Crippen LogP contribution < -0.4 is 5.73 Å². The highest BCUT2D eigenvalue weighted by molar-refractivity contribution is 5.96. The lowest BCUT2D eigenvalue weighted by molar-refractivity contribution is 0.0299. The maximum Gasteiger partial charge on any atom is 0.276 e. The summed E-state index contributed by atoms with van der Waals surface area (Å²) in [7, 11) is 0. The van der Waals surface area contributed by atoms with Crippen molar-refractivity contribution in [2.45, 2.75) is 0 Å². The standard InChI is InChI=1S/C15H16N4O2/c16-14-13(15(20)19-6-8-21-9-7-19)18-12(10-17-14)11-4-2-1-3-5-11/h1-5,10H,6-9H2,(H2,16,17). The smallest absolute Gasteiger partial charge is 0.276 e. The molecule has 0 aliphatic carbocycles. The fraction of sp³-hybridized carbons (Fsp3) is 0.267. The molecule has 1 aliphatic heterocycles. The summed E-state index contributed by atoms with van der Waals surface area (Å²) in [5.74, 6) is -0.0349. The Kier molecular flexibility index (Phi) is 3.79. The van der Waals surface area contributed by atoms with Crippen LogP contribution in [0.4, 0.5) is 5.82 Å². The van der Waals surface area contributed by atoms with Crippen LogP contribution in [0.1, 0.15) is 10.5 Å². The number of nitrogens with two attached hydrogens (primary N) is 1. The molecule has 1 amide bonds. The van der Waals surface area contributed by atoms with E-state index in [4.69, 9.17) is 10.5 Å². The van der Waals surface area contributed by atoms with Crippen molar-refractivity contribution < 1.29 is 9.53 Å². The minimum absolute atomic E-state index is 0.158. The van der Waals surface area contributed by atoms with Crippen molar-refractivity contribution in [1.29, 1.82) is 0 Å². The maximum absolute atomic E-state index is 12.5. The minimum atomic E-state index is -0.193. The van der Waals surface area contributed by atoms with E-state index in [1.807, 2.05) is 30.3 Å². The minimum Gasteiger partial charge on any atom is -0.382 e. The zero-order valence-electron chi connectivity index (χ0n) is 11.5. The van der Waals surface area contributed by atoms with E-state index >= 15 is 0 Å². The van der Waals surface area contributed by atoms with Gasteiger partial charge in [-0.1, -0.05) is 30.3 Å². The van der Waals surface area contributed by atoms with Crippen molar-refractivity contribution in [2.75, 3.05) is 32.0 Å². The molecule has 21 heavy (non-hydrogen) atoms. The molecule has 0 atom stereocenters. The van der Waals surface area contributed by atoms with Crippen LogP contribution in [0.25, 0.3) is 11.3 Å². The fourth-order valence-corrected chi connectivity index (χ4v) is 2.22. The number of rotatable bonds is 2. The number of carbonyl (C=O) groups is 1. The number of anilines is 1. The average Bonchev–Trinajstić information content (AvgIpc) is 2.56. The molecule has 0 saturated carbocycles. The van der Waals surface area contributed by atoms with Crippen LogP contribution >= 0.6 is 0 Å². The van der Waals surface area contributed by atoms with Crippen molar-refractivity contribution in [1.82, 2.24) is 14.9 Å².